The van der Waals surface area contributed by atoms with E-state index in [1.54, 1.807) is 11.8 Å². The molecule has 1 heterocycles. The summed E-state index contributed by atoms with van der Waals surface area (Å²) < 4.78 is 0. The van der Waals surface area contributed by atoms with Gasteiger partial charge in [-0.2, -0.15) is 0 Å². The molecule has 0 amide bonds. The minimum absolute atomic E-state index is 1.03. The number of rotatable bonds is 1. The van der Waals surface area contributed by atoms with E-state index >= 15 is 0 Å². The van der Waals surface area contributed by atoms with Gasteiger partial charge in [0.15, 0.2) is 0 Å². The van der Waals surface area contributed by atoms with Crippen molar-refractivity contribution in [3.8, 4) is 0 Å². The third-order valence-corrected chi connectivity index (χ3v) is 1.70. The number of thioether (sulfide) groups is 1. The van der Waals surface area contributed by atoms with Gasteiger partial charge in [-0.05, 0) is 0 Å². The maximum Gasteiger partial charge on any atom is 0.0542 e. The van der Waals surface area contributed by atoms with E-state index in [1.807, 2.05) is 5.55 Å². The van der Waals surface area contributed by atoms with E-state index in [-0.39, 0.29) is 0 Å². The molecule has 54 valence electrons. The predicted octanol–water partition coefficient (Wildman–Crippen LogP) is 2.57. The second-order valence-corrected chi connectivity index (χ2v) is 2.83. The second kappa shape index (κ2) is 8.02. The van der Waals surface area contributed by atoms with Gasteiger partial charge < -0.3 is 0 Å². The lowest BCUT2D eigenvalue weighted by atomic mass is 10.4. The van der Waals surface area contributed by atoms with Crippen LogP contribution in [0.5, 0.6) is 0 Å². The Morgan fingerprint density at radius 3 is 2.22 bits per heavy atom. The van der Waals surface area contributed by atoms with Crippen LogP contribution in [-0.2, 0) is 0 Å². The van der Waals surface area contributed by atoms with Crippen molar-refractivity contribution in [2.75, 3.05) is 12.3 Å². The molecule has 0 spiro atoms. The summed E-state index contributed by atoms with van der Waals surface area (Å²) in [5.74, 6) is 1.19. The van der Waals surface area contributed by atoms with Gasteiger partial charge in [0.25, 0.3) is 0 Å². The summed E-state index contributed by atoms with van der Waals surface area (Å²) >= 11 is 1.78. The first-order valence-electron chi connectivity index (χ1n) is 3.51. The van der Waals surface area contributed by atoms with Crippen LogP contribution < -0.4 is 0 Å². The molecule has 0 saturated heterocycles. The number of hydrogen-bond acceptors (Lipinski definition) is 2. The summed E-state index contributed by atoms with van der Waals surface area (Å²) in [5.41, 5.74) is 1.90. The summed E-state index contributed by atoms with van der Waals surface area (Å²) in [7, 11) is 0. The molecule has 0 unspecified atom stereocenters. The Morgan fingerprint density at radius 2 is 2.11 bits per heavy atom. The largest absolute Gasteiger partial charge is 0.285 e. The Bertz CT molecular complexity index is 63.3. The van der Waals surface area contributed by atoms with Gasteiger partial charge in [0.2, 0.25) is 0 Å². The maximum absolute atomic E-state index is 3.92. The molecule has 9 heavy (non-hydrogen) atoms. The van der Waals surface area contributed by atoms with Gasteiger partial charge >= 0.3 is 0 Å². The Kier molecular flexibility index (Phi) is 8.04. The quantitative estimate of drug-likeness (QED) is 0.552. The number of unbranched alkanes of at least 4 members (excludes halogenated alkanes) is 1. The highest BCUT2D eigenvalue weighted by molar-refractivity contribution is 8.12. The van der Waals surface area contributed by atoms with Crippen molar-refractivity contribution in [2.24, 2.45) is 4.99 Å². The minimum Gasteiger partial charge on any atom is -0.285 e. The van der Waals surface area contributed by atoms with Crippen molar-refractivity contribution in [3.05, 3.63) is 0 Å². The van der Waals surface area contributed by atoms with Gasteiger partial charge in [-0.15, -0.1) is 11.8 Å². The Balaban J connectivity index is 0.000000148. The predicted molar refractivity (Wildman–Crippen MR) is 46.4 cm³/mol. The first-order chi connectivity index (χ1) is 4.41. The molecular formula is C7H15NS. The molecule has 0 saturated carbocycles. The molecule has 1 rings (SSSR count). The number of nitrogens with zero attached hydrogens (tertiary/aromatic N) is 1. The highest BCUT2D eigenvalue weighted by atomic mass is 32.2. The van der Waals surface area contributed by atoms with E-state index < -0.39 is 0 Å². The third kappa shape index (κ3) is 8.02. The SMILES string of the molecule is C1=NCCS1.CCCC. The fourth-order valence-corrected chi connectivity index (χ4v) is 0.791. The van der Waals surface area contributed by atoms with Gasteiger partial charge in [0, 0.05) is 12.3 Å². The van der Waals surface area contributed by atoms with Crippen molar-refractivity contribution in [3.63, 3.8) is 0 Å². The fraction of sp³-hybridized carbons (Fsp3) is 0.857. The van der Waals surface area contributed by atoms with Crippen LogP contribution >= 0.6 is 11.8 Å². The molecule has 0 aromatic carbocycles. The molecule has 0 aromatic rings. The topological polar surface area (TPSA) is 12.4 Å². The molecule has 0 bridgehead atoms. The summed E-state index contributed by atoms with van der Waals surface area (Å²) in [6.07, 6.45) is 2.64. The highest BCUT2D eigenvalue weighted by Gasteiger charge is 1.86. The molecule has 1 nitrogen and oxygen atoms in total. The Labute approximate surface area is 61.9 Å². The zero-order valence-corrected chi connectivity index (χ0v) is 7.08. The summed E-state index contributed by atoms with van der Waals surface area (Å²) in [6.45, 7) is 5.39. The van der Waals surface area contributed by atoms with Crippen molar-refractivity contribution < 1.29 is 0 Å². The summed E-state index contributed by atoms with van der Waals surface area (Å²) in [4.78, 5) is 3.92. The van der Waals surface area contributed by atoms with Crippen LogP contribution in [-0.4, -0.2) is 17.8 Å². The van der Waals surface area contributed by atoms with Crippen molar-refractivity contribution >= 4 is 17.3 Å². The first-order valence-corrected chi connectivity index (χ1v) is 4.56. The van der Waals surface area contributed by atoms with Gasteiger partial charge in [-0.3, -0.25) is 4.99 Å². The number of hydrogen-bond donors (Lipinski definition) is 0. The first kappa shape index (κ1) is 9.02. The van der Waals surface area contributed by atoms with Gasteiger partial charge in [-0.25, -0.2) is 0 Å². The lowest BCUT2D eigenvalue weighted by molar-refractivity contribution is 0.886. The zero-order chi connectivity index (χ0) is 6.95. The average Bonchev–Trinajstić information content (AvgIpc) is 2.43. The maximum atomic E-state index is 3.92. The Hall–Kier alpha value is 0.0200. The molecular weight excluding hydrogens is 130 g/mol. The van der Waals surface area contributed by atoms with Gasteiger partial charge in [0.05, 0.1) is 5.55 Å². The molecule has 2 heteroatoms. The Morgan fingerprint density at radius 1 is 1.44 bits per heavy atom. The van der Waals surface area contributed by atoms with Crippen LogP contribution in [0.1, 0.15) is 26.7 Å². The third-order valence-electron chi connectivity index (χ3n) is 0.987. The van der Waals surface area contributed by atoms with Crippen molar-refractivity contribution in [1.82, 2.24) is 0 Å². The van der Waals surface area contributed by atoms with Crippen LogP contribution in [0.3, 0.4) is 0 Å². The van der Waals surface area contributed by atoms with Crippen LogP contribution in [0.25, 0.3) is 0 Å². The van der Waals surface area contributed by atoms with Crippen molar-refractivity contribution in [2.45, 2.75) is 26.7 Å². The molecule has 0 fully saturated rings. The molecule has 0 atom stereocenters. The van der Waals surface area contributed by atoms with Crippen molar-refractivity contribution in [1.29, 1.82) is 0 Å². The smallest absolute Gasteiger partial charge is 0.0542 e. The fourth-order valence-electron chi connectivity index (χ4n) is 0.264. The van der Waals surface area contributed by atoms with Crippen LogP contribution in [0.2, 0.25) is 0 Å². The molecule has 0 aliphatic carbocycles. The van der Waals surface area contributed by atoms with Gasteiger partial charge in [0.1, 0.15) is 0 Å². The summed E-state index contributed by atoms with van der Waals surface area (Å²) in [5, 5.41) is 0. The monoisotopic (exact) mass is 145 g/mol. The van der Waals surface area contributed by atoms with E-state index in [2.05, 4.69) is 18.8 Å². The normalized spacial score (nSPS) is 14.9. The van der Waals surface area contributed by atoms with E-state index in [0.29, 0.717) is 0 Å². The molecule has 1 aliphatic heterocycles. The lowest BCUT2D eigenvalue weighted by Gasteiger charge is -1.68. The zero-order valence-electron chi connectivity index (χ0n) is 6.26. The molecule has 1 aliphatic rings. The molecule has 0 aromatic heterocycles. The molecule has 0 radical (unpaired) electrons. The van der Waals surface area contributed by atoms with E-state index in [0.717, 1.165) is 6.54 Å². The standard InChI is InChI=1S/C4H10.C3H5NS/c1-3-4-2;1-2-5-3-4-1/h3-4H2,1-2H3;3H,1-2H2. The summed E-state index contributed by atoms with van der Waals surface area (Å²) in [6, 6.07) is 0. The highest BCUT2D eigenvalue weighted by Crippen LogP contribution is 1.99. The van der Waals surface area contributed by atoms with E-state index in [4.69, 9.17) is 0 Å². The second-order valence-electron chi connectivity index (χ2n) is 1.88. The minimum atomic E-state index is 1.03. The lowest BCUT2D eigenvalue weighted by Crippen LogP contribution is -1.69. The van der Waals surface area contributed by atoms with Gasteiger partial charge in [-0.1, -0.05) is 26.7 Å². The average molecular weight is 145 g/mol. The number of aliphatic imine (C=N–C) groups is 1. The van der Waals surface area contributed by atoms with Crippen LogP contribution in [0.15, 0.2) is 4.99 Å². The molecule has 0 N–H and O–H groups in total. The van der Waals surface area contributed by atoms with E-state index in [1.165, 1.54) is 18.6 Å². The van der Waals surface area contributed by atoms with E-state index in [9.17, 15) is 0 Å². The van der Waals surface area contributed by atoms with Crippen LogP contribution in [0, 0.1) is 0 Å². The van der Waals surface area contributed by atoms with Crippen LogP contribution in [0.4, 0.5) is 0 Å².